The molecule has 0 spiro atoms. The fourth-order valence-electron chi connectivity index (χ4n) is 5.48. The lowest BCUT2D eigenvalue weighted by Crippen LogP contribution is -2.32. The normalized spacial score (nSPS) is 18.8. The number of halogens is 3. The standard InChI is InChI=1S/C32H24F3N3O7S2/c1-2-44-30(42)17-6-10-20(11-7-17)38-28(40)24-23(25-27(37-31(43)47-25)46-26(24)29(38)41)16-8-12-21(13-9-16)45-15-22(39)36-19-5-3-4-18(14-19)32(33,34)35/h3-14,23-24,26H,2,15H2,1H3,(H,36,39)(H,37,43)/t23-,24?,26?/m1/s1. The molecule has 10 nitrogen and oxygen atoms in total. The van der Waals surface area contributed by atoms with Gasteiger partial charge in [-0.05, 0) is 67.1 Å². The molecule has 3 amide bonds. The Morgan fingerprint density at radius 2 is 1.70 bits per heavy atom. The van der Waals surface area contributed by atoms with Gasteiger partial charge in [0.05, 0.1) is 34.4 Å². The van der Waals surface area contributed by atoms with Crippen molar-refractivity contribution in [2.24, 2.45) is 5.92 Å². The number of imide groups is 1. The molecule has 1 aromatic heterocycles. The number of nitrogens with one attached hydrogen (secondary N) is 2. The summed E-state index contributed by atoms with van der Waals surface area (Å²) < 4.78 is 49.5. The van der Waals surface area contributed by atoms with E-state index in [-0.39, 0.29) is 28.5 Å². The highest BCUT2D eigenvalue weighted by molar-refractivity contribution is 8.00. The maximum Gasteiger partial charge on any atom is 0.416 e. The van der Waals surface area contributed by atoms with Crippen molar-refractivity contribution in [1.29, 1.82) is 0 Å². The van der Waals surface area contributed by atoms with Gasteiger partial charge in [-0.15, -0.1) is 0 Å². The zero-order chi connectivity index (χ0) is 33.5. The number of thioether (sulfide) groups is 1. The van der Waals surface area contributed by atoms with E-state index in [1.54, 1.807) is 31.2 Å². The van der Waals surface area contributed by atoms with Gasteiger partial charge >= 0.3 is 17.0 Å². The maximum absolute atomic E-state index is 13.9. The van der Waals surface area contributed by atoms with E-state index < -0.39 is 59.1 Å². The number of H-pyrrole nitrogens is 1. The smallest absolute Gasteiger partial charge is 0.416 e. The Hall–Kier alpha value is -4.89. The summed E-state index contributed by atoms with van der Waals surface area (Å²) in [5, 5.41) is 2.04. The predicted molar refractivity (Wildman–Crippen MR) is 167 cm³/mol. The minimum Gasteiger partial charge on any atom is -0.484 e. The Morgan fingerprint density at radius 1 is 0.979 bits per heavy atom. The fraction of sp³-hybridized carbons (Fsp3) is 0.219. The van der Waals surface area contributed by atoms with Crippen LogP contribution in [0.1, 0.15) is 39.2 Å². The number of thiazole rings is 1. The molecule has 4 aromatic rings. The number of anilines is 2. The monoisotopic (exact) mass is 683 g/mol. The van der Waals surface area contributed by atoms with E-state index in [1.807, 2.05) is 0 Å². The summed E-state index contributed by atoms with van der Waals surface area (Å²) in [7, 11) is 0. The van der Waals surface area contributed by atoms with Gasteiger partial charge in [0.2, 0.25) is 11.8 Å². The molecule has 2 N–H and O–H groups in total. The van der Waals surface area contributed by atoms with Gasteiger partial charge in [0.15, 0.2) is 6.61 Å². The minimum absolute atomic E-state index is 0.0328. The lowest BCUT2D eigenvalue weighted by Gasteiger charge is -2.29. The molecule has 2 aliphatic heterocycles. The summed E-state index contributed by atoms with van der Waals surface area (Å²) >= 11 is 2.08. The third-order valence-corrected chi connectivity index (χ3v) is 9.94. The Kier molecular flexibility index (Phi) is 8.68. The van der Waals surface area contributed by atoms with Gasteiger partial charge < -0.3 is 19.8 Å². The van der Waals surface area contributed by atoms with Crippen molar-refractivity contribution in [1.82, 2.24) is 4.98 Å². The van der Waals surface area contributed by atoms with Crippen molar-refractivity contribution < 1.29 is 41.8 Å². The highest BCUT2D eigenvalue weighted by Crippen LogP contribution is 2.53. The molecular formula is C32H24F3N3O7S2. The summed E-state index contributed by atoms with van der Waals surface area (Å²) in [6.45, 7) is 1.40. The number of hydrogen-bond donors (Lipinski definition) is 2. The van der Waals surface area contributed by atoms with Gasteiger partial charge in [-0.2, -0.15) is 13.2 Å². The van der Waals surface area contributed by atoms with E-state index >= 15 is 0 Å². The van der Waals surface area contributed by atoms with Crippen molar-refractivity contribution in [2.75, 3.05) is 23.4 Å². The van der Waals surface area contributed by atoms with Gasteiger partial charge in [-0.25, -0.2) is 9.69 Å². The molecule has 3 atom stereocenters. The quantitative estimate of drug-likeness (QED) is 0.185. The van der Waals surface area contributed by atoms with Gasteiger partial charge in [-0.3, -0.25) is 19.2 Å². The van der Waals surface area contributed by atoms with Gasteiger partial charge in [0.25, 0.3) is 5.91 Å². The van der Waals surface area contributed by atoms with E-state index in [9.17, 15) is 37.1 Å². The number of benzene rings is 3. The van der Waals surface area contributed by atoms with Crippen molar-refractivity contribution in [3.8, 4) is 5.75 Å². The molecular weight excluding hydrogens is 659 g/mol. The third kappa shape index (κ3) is 6.40. The van der Waals surface area contributed by atoms with Gasteiger partial charge in [0, 0.05) is 16.5 Å². The number of amides is 3. The van der Waals surface area contributed by atoms with Crippen molar-refractivity contribution >= 4 is 58.2 Å². The van der Waals surface area contributed by atoms with E-state index in [0.717, 1.165) is 40.1 Å². The van der Waals surface area contributed by atoms with Gasteiger partial charge in [0.1, 0.15) is 11.0 Å². The summed E-state index contributed by atoms with van der Waals surface area (Å²) in [4.78, 5) is 68.5. The lowest BCUT2D eigenvalue weighted by molar-refractivity contribution is -0.137. The molecule has 0 aliphatic carbocycles. The number of alkyl halides is 3. The number of esters is 1. The number of fused-ring (bicyclic) bond motifs is 2. The molecule has 0 radical (unpaired) electrons. The highest BCUT2D eigenvalue weighted by atomic mass is 32.2. The molecule has 1 fully saturated rings. The number of ether oxygens (including phenoxy) is 2. The van der Waals surface area contributed by atoms with E-state index in [2.05, 4.69) is 10.3 Å². The predicted octanol–water partition coefficient (Wildman–Crippen LogP) is 5.45. The first-order valence-electron chi connectivity index (χ1n) is 14.2. The summed E-state index contributed by atoms with van der Waals surface area (Å²) in [6, 6.07) is 16.7. The van der Waals surface area contributed by atoms with Crippen molar-refractivity contribution in [3.63, 3.8) is 0 Å². The number of aromatic amines is 1. The van der Waals surface area contributed by atoms with Crippen LogP contribution >= 0.6 is 23.1 Å². The first-order chi connectivity index (χ1) is 22.4. The van der Waals surface area contributed by atoms with Crippen LogP contribution in [-0.4, -0.2) is 47.1 Å². The van der Waals surface area contributed by atoms with E-state index in [0.29, 0.717) is 21.2 Å². The number of carbonyl (C=O) groups is 4. The maximum atomic E-state index is 13.9. The third-order valence-electron chi connectivity index (χ3n) is 7.54. The number of aromatic nitrogens is 1. The molecule has 242 valence electrons. The fourth-order valence-corrected chi connectivity index (χ4v) is 8.00. The summed E-state index contributed by atoms with van der Waals surface area (Å²) in [5.74, 6) is -3.34. The molecule has 0 bridgehead atoms. The molecule has 0 saturated carbocycles. The zero-order valence-corrected chi connectivity index (χ0v) is 26.0. The van der Waals surface area contributed by atoms with E-state index in [4.69, 9.17) is 9.47 Å². The average molecular weight is 684 g/mol. The van der Waals surface area contributed by atoms with Crippen LogP contribution in [-0.2, 0) is 25.3 Å². The zero-order valence-electron chi connectivity index (χ0n) is 24.3. The molecule has 2 aliphatic rings. The second-order valence-corrected chi connectivity index (χ2v) is 12.7. The Bertz CT molecular complexity index is 1920. The van der Waals surface area contributed by atoms with E-state index in [1.165, 1.54) is 36.4 Å². The number of nitrogens with zero attached hydrogens (tertiary/aromatic N) is 1. The number of hydrogen-bond acceptors (Lipinski definition) is 9. The molecule has 6 rings (SSSR count). The molecule has 2 unspecified atom stereocenters. The SMILES string of the molecule is CCOC(=O)c1ccc(N2C(=O)C3Sc4[nH]c(=O)sc4[C@H](c4ccc(OCC(=O)Nc5cccc(C(F)(F)F)c5)cc4)C3C2=O)cc1. The van der Waals surface area contributed by atoms with Crippen LogP contribution in [0.15, 0.2) is 82.6 Å². The Morgan fingerprint density at radius 3 is 2.38 bits per heavy atom. The highest BCUT2D eigenvalue weighted by Gasteiger charge is 2.56. The first-order valence-corrected chi connectivity index (χ1v) is 15.9. The molecule has 1 saturated heterocycles. The lowest BCUT2D eigenvalue weighted by atomic mass is 9.83. The van der Waals surface area contributed by atoms with Crippen molar-refractivity contribution in [3.05, 3.63) is 104 Å². The largest absolute Gasteiger partial charge is 0.484 e. The second kappa shape index (κ2) is 12.7. The molecule has 15 heteroatoms. The summed E-state index contributed by atoms with van der Waals surface area (Å²) in [6.07, 6.45) is -4.56. The molecule has 47 heavy (non-hydrogen) atoms. The van der Waals surface area contributed by atoms with Crippen LogP contribution in [0.25, 0.3) is 0 Å². The first kappa shape index (κ1) is 32.1. The second-order valence-electron chi connectivity index (χ2n) is 10.5. The van der Waals surface area contributed by atoms with Crippen LogP contribution in [0, 0.1) is 5.92 Å². The Labute approximate surface area is 272 Å². The van der Waals surface area contributed by atoms with Crippen molar-refractivity contribution in [2.45, 2.75) is 29.3 Å². The van der Waals surface area contributed by atoms with Crippen LogP contribution in [0.4, 0.5) is 24.5 Å². The van der Waals surface area contributed by atoms with Crippen LogP contribution in [0.5, 0.6) is 5.75 Å². The minimum atomic E-state index is -4.56. The average Bonchev–Trinajstić information content (AvgIpc) is 3.54. The number of carbonyl (C=O) groups excluding carboxylic acids is 4. The van der Waals surface area contributed by atoms with Gasteiger partial charge in [-0.1, -0.05) is 41.3 Å². The number of rotatable bonds is 8. The topological polar surface area (TPSA) is 135 Å². The Balaban J connectivity index is 1.20. The van der Waals surface area contributed by atoms with Crippen LogP contribution in [0.2, 0.25) is 0 Å². The van der Waals surface area contributed by atoms with Crippen LogP contribution in [0.3, 0.4) is 0 Å². The molecule has 3 heterocycles. The van der Waals surface area contributed by atoms with Crippen LogP contribution < -0.4 is 19.8 Å². The molecule has 3 aromatic carbocycles. The summed E-state index contributed by atoms with van der Waals surface area (Å²) in [5.41, 5.74) is 0.261.